The van der Waals surface area contributed by atoms with Crippen LogP contribution in [0.15, 0.2) is 42.9 Å². The number of rotatable bonds is 4. The van der Waals surface area contributed by atoms with Gasteiger partial charge < -0.3 is 5.32 Å². The minimum absolute atomic E-state index is 0.615. The summed E-state index contributed by atoms with van der Waals surface area (Å²) < 4.78 is 0. The SMILES string of the molecule is Cc1cc(Nc2ncccn2)cc(-c2cnc(C3CCSCC3)s2)c1. The molecular formula is C19H20N4S2. The van der Waals surface area contributed by atoms with Gasteiger partial charge in [0.1, 0.15) is 0 Å². The molecule has 4 rings (SSSR count). The van der Waals surface area contributed by atoms with Crippen molar-refractivity contribution < 1.29 is 0 Å². The maximum Gasteiger partial charge on any atom is 0.227 e. The van der Waals surface area contributed by atoms with Crippen molar-refractivity contribution >= 4 is 34.7 Å². The number of nitrogens with one attached hydrogen (secondary N) is 1. The molecule has 1 aliphatic heterocycles. The third-order valence-corrected chi connectivity index (χ3v) is 6.54. The molecular weight excluding hydrogens is 348 g/mol. The molecule has 1 fully saturated rings. The summed E-state index contributed by atoms with van der Waals surface area (Å²) in [6, 6.07) is 8.29. The molecule has 6 heteroatoms. The molecule has 0 saturated carbocycles. The Kier molecular flexibility index (Phi) is 4.99. The molecule has 0 atom stereocenters. The van der Waals surface area contributed by atoms with Crippen LogP contribution in [0.2, 0.25) is 0 Å². The third kappa shape index (κ3) is 4.02. The van der Waals surface area contributed by atoms with Gasteiger partial charge in [-0.05, 0) is 60.6 Å². The molecule has 1 saturated heterocycles. The highest BCUT2D eigenvalue weighted by molar-refractivity contribution is 7.99. The van der Waals surface area contributed by atoms with Gasteiger partial charge in [0.05, 0.1) is 9.88 Å². The highest BCUT2D eigenvalue weighted by Crippen LogP contribution is 2.37. The van der Waals surface area contributed by atoms with Crippen molar-refractivity contribution in [1.82, 2.24) is 15.0 Å². The van der Waals surface area contributed by atoms with E-state index in [1.807, 2.05) is 23.6 Å². The van der Waals surface area contributed by atoms with Crippen molar-refractivity contribution in [3.63, 3.8) is 0 Å². The fourth-order valence-corrected chi connectivity index (χ4v) is 5.23. The van der Waals surface area contributed by atoms with Crippen LogP contribution >= 0.6 is 23.1 Å². The van der Waals surface area contributed by atoms with Crippen LogP contribution in [0.25, 0.3) is 10.4 Å². The topological polar surface area (TPSA) is 50.7 Å². The van der Waals surface area contributed by atoms with Crippen LogP contribution in [-0.4, -0.2) is 26.5 Å². The summed E-state index contributed by atoms with van der Waals surface area (Å²) in [7, 11) is 0. The van der Waals surface area contributed by atoms with Crippen LogP contribution in [0.3, 0.4) is 0 Å². The molecule has 4 nitrogen and oxygen atoms in total. The first-order valence-electron chi connectivity index (χ1n) is 8.47. The molecule has 3 heterocycles. The van der Waals surface area contributed by atoms with E-state index < -0.39 is 0 Å². The van der Waals surface area contributed by atoms with E-state index in [9.17, 15) is 0 Å². The molecule has 0 spiro atoms. The van der Waals surface area contributed by atoms with Crippen molar-refractivity contribution in [2.24, 2.45) is 0 Å². The minimum atomic E-state index is 0.615. The Morgan fingerprint density at radius 1 is 1.04 bits per heavy atom. The standard InChI is InChI=1S/C19H20N4S2/c1-13-9-15(11-16(10-13)23-19-20-5-2-6-21-19)17-12-22-18(25-17)14-3-7-24-8-4-14/h2,5-6,9-12,14H,3-4,7-8H2,1H3,(H,20,21,23). The van der Waals surface area contributed by atoms with Crippen molar-refractivity contribution in [3.05, 3.63) is 53.4 Å². The molecule has 0 amide bonds. The number of hydrogen-bond donors (Lipinski definition) is 1. The molecule has 0 unspecified atom stereocenters. The number of aromatic nitrogens is 3. The number of thiazole rings is 1. The molecule has 1 aromatic carbocycles. The lowest BCUT2D eigenvalue weighted by Gasteiger charge is -2.18. The van der Waals surface area contributed by atoms with Crippen LogP contribution in [0.5, 0.6) is 0 Å². The van der Waals surface area contributed by atoms with E-state index >= 15 is 0 Å². The van der Waals surface area contributed by atoms with Crippen molar-refractivity contribution in [2.45, 2.75) is 25.7 Å². The number of nitrogens with zero attached hydrogens (tertiary/aromatic N) is 3. The fraction of sp³-hybridized carbons (Fsp3) is 0.316. The average molecular weight is 369 g/mol. The van der Waals surface area contributed by atoms with Gasteiger partial charge in [0.15, 0.2) is 0 Å². The highest BCUT2D eigenvalue weighted by Gasteiger charge is 2.19. The van der Waals surface area contributed by atoms with Gasteiger partial charge in [-0.2, -0.15) is 11.8 Å². The number of hydrogen-bond acceptors (Lipinski definition) is 6. The van der Waals surface area contributed by atoms with Gasteiger partial charge in [0.25, 0.3) is 0 Å². The second-order valence-corrected chi connectivity index (χ2v) is 8.52. The molecule has 1 aliphatic rings. The van der Waals surface area contributed by atoms with Gasteiger partial charge in [0.2, 0.25) is 5.95 Å². The van der Waals surface area contributed by atoms with Crippen molar-refractivity contribution in [3.8, 4) is 10.4 Å². The van der Waals surface area contributed by atoms with Gasteiger partial charge in [-0.25, -0.2) is 15.0 Å². The van der Waals surface area contributed by atoms with Gasteiger partial charge in [-0.3, -0.25) is 0 Å². The largest absolute Gasteiger partial charge is 0.324 e. The van der Waals surface area contributed by atoms with Crippen LogP contribution in [0.1, 0.15) is 29.3 Å². The van der Waals surface area contributed by atoms with E-state index in [1.165, 1.54) is 45.4 Å². The maximum atomic E-state index is 4.72. The number of anilines is 2. The van der Waals surface area contributed by atoms with Crippen molar-refractivity contribution in [2.75, 3.05) is 16.8 Å². The van der Waals surface area contributed by atoms with Gasteiger partial charge in [-0.15, -0.1) is 11.3 Å². The molecule has 0 radical (unpaired) electrons. The maximum absolute atomic E-state index is 4.72. The lowest BCUT2D eigenvalue weighted by molar-refractivity contribution is 0.633. The monoisotopic (exact) mass is 368 g/mol. The van der Waals surface area contributed by atoms with Crippen LogP contribution in [0.4, 0.5) is 11.6 Å². The second kappa shape index (κ2) is 7.54. The lowest BCUT2D eigenvalue weighted by atomic mass is 10.0. The molecule has 2 aromatic heterocycles. The molecule has 3 aromatic rings. The quantitative estimate of drug-likeness (QED) is 0.680. The van der Waals surface area contributed by atoms with E-state index in [0.29, 0.717) is 11.9 Å². The van der Waals surface area contributed by atoms with Crippen LogP contribution in [0, 0.1) is 6.92 Å². The highest BCUT2D eigenvalue weighted by atomic mass is 32.2. The van der Waals surface area contributed by atoms with Gasteiger partial charge >= 0.3 is 0 Å². The van der Waals surface area contributed by atoms with Gasteiger partial charge in [0, 0.05) is 30.2 Å². The Hall–Kier alpha value is -1.92. The van der Waals surface area contributed by atoms with E-state index in [1.54, 1.807) is 12.4 Å². The summed E-state index contributed by atoms with van der Waals surface area (Å²) in [4.78, 5) is 14.4. The molecule has 0 aliphatic carbocycles. The zero-order valence-corrected chi connectivity index (χ0v) is 15.7. The minimum Gasteiger partial charge on any atom is -0.324 e. The molecule has 128 valence electrons. The first kappa shape index (κ1) is 16.5. The Morgan fingerprint density at radius 2 is 1.84 bits per heavy atom. The van der Waals surface area contributed by atoms with Crippen LogP contribution < -0.4 is 5.32 Å². The zero-order chi connectivity index (χ0) is 17.1. The predicted octanol–water partition coefficient (Wildman–Crippen LogP) is 5.26. The Morgan fingerprint density at radius 3 is 2.64 bits per heavy atom. The summed E-state index contributed by atoms with van der Waals surface area (Å²) in [5.41, 5.74) is 3.41. The van der Waals surface area contributed by atoms with E-state index in [4.69, 9.17) is 4.98 Å². The third-order valence-electron chi connectivity index (χ3n) is 4.28. The summed E-state index contributed by atoms with van der Waals surface area (Å²) in [5, 5.41) is 4.57. The number of benzene rings is 1. The normalized spacial score (nSPS) is 15.2. The van der Waals surface area contributed by atoms with Gasteiger partial charge in [-0.1, -0.05) is 6.07 Å². The summed E-state index contributed by atoms with van der Waals surface area (Å²) in [5.74, 6) is 3.77. The summed E-state index contributed by atoms with van der Waals surface area (Å²) >= 11 is 3.89. The van der Waals surface area contributed by atoms with E-state index in [0.717, 1.165) is 5.69 Å². The zero-order valence-electron chi connectivity index (χ0n) is 14.1. The summed E-state index contributed by atoms with van der Waals surface area (Å²) in [6.07, 6.45) is 8.01. The summed E-state index contributed by atoms with van der Waals surface area (Å²) in [6.45, 7) is 2.11. The fourth-order valence-electron chi connectivity index (χ4n) is 3.04. The molecule has 25 heavy (non-hydrogen) atoms. The lowest BCUT2D eigenvalue weighted by Crippen LogP contribution is -2.07. The Bertz CT molecular complexity index is 842. The molecule has 0 bridgehead atoms. The average Bonchev–Trinajstić information content (AvgIpc) is 3.13. The number of aryl methyl sites for hydroxylation is 1. The second-order valence-electron chi connectivity index (χ2n) is 6.23. The number of thioether (sulfide) groups is 1. The Balaban J connectivity index is 1.59. The van der Waals surface area contributed by atoms with E-state index in [-0.39, 0.29) is 0 Å². The van der Waals surface area contributed by atoms with Crippen LogP contribution in [-0.2, 0) is 0 Å². The predicted molar refractivity (Wildman–Crippen MR) is 107 cm³/mol. The first-order valence-corrected chi connectivity index (χ1v) is 10.4. The smallest absolute Gasteiger partial charge is 0.227 e. The Labute approximate surface area is 156 Å². The first-order chi connectivity index (χ1) is 12.3. The van der Waals surface area contributed by atoms with Crippen molar-refractivity contribution in [1.29, 1.82) is 0 Å². The molecule has 1 N–H and O–H groups in total. The van der Waals surface area contributed by atoms with E-state index in [2.05, 4.69) is 52.2 Å².